The first-order chi connectivity index (χ1) is 13.9. The lowest BCUT2D eigenvalue weighted by molar-refractivity contribution is 0.0816. The molecule has 0 saturated carbocycles. The second-order valence-corrected chi connectivity index (χ2v) is 6.70. The minimum Gasteiger partial charge on any atom is -0.470 e. The van der Waals surface area contributed by atoms with Crippen molar-refractivity contribution < 1.29 is 14.3 Å². The Morgan fingerprint density at radius 1 is 1.17 bits per heavy atom. The molecule has 3 rings (SSSR count). The Labute approximate surface area is 172 Å². The number of hydrogen-bond donors (Lipinski definition) is 1. The Hall–Kier alpha value is -3.33. The van der Waals surface area contributed by atoms with Gasteiger partial charge in [0.2, 0.25) is 0 Å². The molecule has 0 unspecified atom stereocenters. The van der Waals surface area contributed by atoms with Crippen LogP contribution in [0.3, 0.4) is 0 Å². The summed E-state index contributed by atoms with van der Waals surface area (Å²) in [6.07, 6.45) is 2.95. The molecule has 0 aliphatic rings. The van der Waals surface area contributed by atoms with Gasteiger partial charge >= 0.3 is 0 Å². The van der Waals surface area contributed by atoms with Crippen LogP contribution < -0.4 is 10.1 Å². The van der Waals surface area contributed by atoms with Crippen LogP contribution in [0.2, 0.25) is 5.02 Å². The standard InChI is InChI=1S/C19H21ClN6O3/c1-4-25-17(19(28)24(2)3)14(11-22-25)23-18(27)15-9-10-21-26(15)12-29-16-8-6-5-7-13(16)20/h5-11H,4,12H2,1-3H3,(H,23,27). The van der Waals surface area contributed by atoms with Crippen LogP contribution in [-0.2, 0) is 13.3 Å². The van der Waals surface area contributed by atoms with Gasteiger partial charge in [0.05, 0.1) is 16.9 Å². The fraction of sp³-hybridized carbons (Fsp3) is 0.263. The Balaban J connectivity index is 1.78. The number of nitrogens with zero attached hydrogens (tertiary/aromatic N) is 5. The van der Waals surface area contributed by atoms with Crippen molar-refractivity contribution in [1.82, 2.24) is 24.5 Å². The third kappa shape index (κ3) is 4.40. The summed E-state index contributed by atoms with van der Waals surface area (Å²) in [6.45, 7) is 2.36. The van der Waals surface area contributed by atoms with E-state index in [1.165, 1.54) is 26.7 Å². The number of amides is 2. The minimum atomic E-state index is -0.436. The van der Waals surface area contributed by atoms with Crippen LogP contribution in [0.4, 0.5) is 5.69 Å². The number of aryl methyl sites for hydroxylation is 1. The molecular weight excluding hydrogens is 396 g/mol. The topological polar surface area (TPSA) is 94.3 Å². The Morgan fingerprint density at radius 2 is 1.93 bits per heavy atom. The average Bonchev–Trinajstić information content (AvgIpc) is 3.33. The summed E-state index contributed by atoms with van der Waals surface area (Å²) in [5.41, 5.74) is 0.907. The van der Waals surface area contributed by atoms with Gasteiger partial charge in [-0.1, -0.05) is 23.7 Å². The zero-order valence-corrected chi connectivity index (χ0v) is 17.1. The number of nitrogens with one attached hydrogen (secondary N) is 1. The van der Waals surface area contributed by atoms with Crippen molar-refractivity contribution in [2.75, 3.05) is 19.4 Å². The zero-order valence-electron chi connectivity index (χ0n) is 16.3. The lowest BCUT2D eigenvalue weighted by Gasteiger charge is -2.14. The third-order valence-corrected chi connectivity index (χ3v) is 4.44. The van der Waals surface area contributed by atoms with Crippen LogP contribution in [0.15, 0.2) is 42.7 Å². The summed E-state index contributed by atoms with van der Waals surface area (Å²) in [4.78, 5) is 26.7. The molecule has 2 heterocycles. The maximum atomic E-state index is 12.8. The van der Waals surface area contributed by atoms with E-state index in [2.05, 4.69) is 15.5 Å². The molecule has 9 nitrogen and oxygen atoms in total. The van der Waals surface area contributed by atoms with Crippen molar-refractivity contribution in [1.29, 1.82) is 0 Å². The molecule has 2 aromatic heterocycles. The van der Waals surface area contributed by atoms with E-state index >= 15 is 0 Å². The molecule has 0 spiro atoms. The fourth-order valence-corrected chi connectivity index (χ4v) is 2.85. The van der Waals surface area contributed by atoms with Crippen LogP contribution in [0, 0.1) is 0 Å². The van der Waals surface area contributed by atoms with Gasteiger partial charge in [0.1, 0.15) is 17.1 Å². The van der Waals surface area contributed by atoms with E-state index in [0.717, 1.165) is 0 Å². The van der Waals surface area contributed by atoms with Crippen LogP contribution >= 0.6 is 11.6 Å². The van der Waals surface area contributed by atoms with Gasteiger partial charge in [-0.3, -0.25) is 14.3 Å². The summed E-state index contributed by atoms with van der Waals surface area (Å²) in [6, 6.07) is 8.59. The number of para-hydroxylation sites is 1. The van der Waals surface area contributed by atoms with Crippen molar-refractivity contribution in [2.24, 2.45) is 0 Å². The molecule has 10 heteroatoms. The first-order valence-electron chi connectivity index (χ1n) is 8.90. The summed E-state index contributed by atoms with van der Waals surface area (Å²) in [5, 5.41) is 11.5. The van der Waals surface area contributed by atoms with E-state index in [0.29, 0.717) is 28.7 Å². The third-order valence-electron chi connectivity index (χ3n) is 4.12. The van der Waals surface area contributed by atoms with Gasteiger partial charge in [-0.05, 0) is 25.1 Å². The van der Waals surface area contributed by atoms with Crippen LogP contribution in [0.25, 0.3) is 0 Å². The molecule has 29 heavy (non-hydrogen) atoms. The number of carbonyl (C=O) groups is 2. The lowest BCUT2D eigenvalue weighted by atomic mass is 10.3. The molecule has 0 atom stereocenters. The largest absolute Gasteiger partial charge is 0.470 e. The number of rotatable bonds is 7. The van der Waals surface area contributed by atoms with Crippen LogP contribution in [0.1, 0.15) is 27.9 Å². The number of aromatic nitrogens is 4. The number of ether oxygens (including phenoxy) is 1. The smallest absolute Gasteiger partial charge is 0.274 e. The fourth-order valence-electron chi connectivity index (χ4n) is 2.66. The van der Waals surface area contributed by atoms with E-state index < -0.39 is 5.91 Å². The molecule has 0 aliphatic carbocycles. The van der Waals surface area contributed by atoms with Gasteiger partial charge in [0.15, 0.2) is 6.73 Å². The number of anilines is 1. The molecule has 0 radical (unpaired) electrons. The summed E-state index contributed by atoms with van der Waals surface area (Å²) in [5.74, 6) is -0.206. The number of benzene rings is 1. The second-order valence-electron chi connectivity index (χ2n) is 6.30. The minimum absolute atomic E-state index is 0.00278. The van der Waals surface area contributed by atoms with Crippen molar-refractivity contribution in [3.63, 3.8) is 0 Å². The molecule has 2 amide bonds. The Morgan fingerprint density at radius 3 is 2.62 bits per heavy atom. The van der Waals surface area contributed by atoms with Crippen molar-refractivity contribution >= 4 is 29.1 Å². The molecule has 3 aromatic rings. The molecule has 0 bridgehead atoms. The van der Waals surface area contributed by atoms with E-state index in [1.807, 2.05) is 6.92 Å². The highest BCUT2D eigenvalue weighted by molar-refractivity contribution is 6.32. The van der Waals surface area contributed by atoms with Gasteiger partial charge in [-0.2, -0.15) is 10.2 Å². The van der Waals surface area contributed by atoms with Gasteiger partial charge in [-0.25, -0.2) is 4.68 Å². The van der Waals surface area contributed by atoms with Gasteiger partial charge in [-0.15, -0.1) is 0 Å². The molecule has 1 aromatic carbocycles. The molecule has 0 fully saturated rings. The highest BCUT2D eigenvalue weighted by Gasteiger charge is 2.22. The van der Waals surface area contributed by atoms with Crippen molar-refractivity contribution in [3.05, 3.63) is 59.1 Å². The highest BCUT2D eigenvalue weighted by Crippen LogP contribution is 2.23. The molecule has 0 saturated heterocycles. The molecular formula is C19H21ClN6O3. The maximum Gasteiger partial charge on any atom is 0.274 e. The van der Waals surface area contributed by atoms with Crippen LogP contribution in [0.5, 0.6) is 5.75 Å². The Bertz CT molecular complexity index is 1030. The number of carbonyl (C=O) groups excluding carboxylic acids is 2. The predicted octanol–water partition coefficient (Wildman–Crippen LogP) is 2.74. The number of hydrogen-bond acceptors (Lipinski definition) is 5. The van der Waals surface area contributed by atoms with E-state index in [-0.39, 0.29) is 18.3 Å². The first kappa shape index (κ1) is 20.4. The SMILES string of the molecule is CCn1ncc(NC(=O)c2ccnn2COc2ccccc2Cl)c1C(=O)N(C)C. The lowest BCUT2D eigenvalue weighted by Crippen LogP contribution is -2.27. The average molecular weight is 417 g/mol. The van der Waals surface area contributed by atoms with Crippen LogP contribution in [-0.4, -0.2) is 50.4 Å². The second kappa shape index (κ2) is 8.78. The molecule has 1 N–H and O–H groups in total. The van der Waals surface area contributed by atoms with Gasteiger partial charge < -0.3 is 15.0 Å². The summed E-state index contributed by atoms with van der Waals surface area (Å²) >= 11 is 6.08. The van der Waals surface area contributed by atoms with Crippen molar-refractivity contribution in [3.8, 4) is 5.75 Å². The maximum absolute atomic E-state index is 12.8. The Kier molecular flexibility index (Phi) is 6.18. The van der Waals surface area contributed by atoms with E-state index in [1.54, 1.807) is 44.4 Å². The van der Waals surface area contributed by atoms with E-state index in [9.17, 15) is 9.59 Å². The zero-order chi connectivity index (χ0) is 21.0. The predicted molar refractivity (Wildman–Crippen MR) is 108 cm³/mol. The molecule has 152 valence electrons. The van der Waals surface area contributed by atoms with Gasteiger partial charge in [0.25, 0.3) is 11.8 Å². The summed E-state index contributed by atoms with van der Waals surface area (Å²) in [7, 11) is 3.28. The van der Waals surface area contributed by atoms with E-state index in [4.69, 9.17) is 16.3 Å². The van der Waals surface area contributed by atoms with Crippen molar-refractivity contribution in [2.45, 2.75) is 20.2 Å². The normalized spacial score (nSPS) is 10.6. The highest BCUT2D eigenvalue weighted by atomic mass is 35.5. The first-order valence-corrected chi connectivity index (χ1v) is 9.28. The number of halogens is 1. The summed E-state index contributed by atoms with van der Waals surface area (Å²) < 4.78 is 8.59. The van der Waals surface area contributed by atoms with Gasteiger partial charge in [0, 0.05) is 26.8 Å². The quantitative estimate of drug-likeness (QED) is 0.639. The monoisotopic (exact) mass is 416 g/mol. The molecule has 0 aliphatic heterocycles.